The molecule has 0 radical (unpaired) electrons. The molecule has 30 heavy (non-hydrogen) atoms. The number of halogens is 1. The molecule has 4 heteroatoms. The molecule has 0 fully saturated rings. The van der Waals surface area contributed by atoms with Crippen molar-refractivity contribution in [2.45, 2.75) is 6.16 Å². The van der Waals surface area contributed by atoms with Gasteiger partial charge in [-0.1, -0.05) is 60.7 Å². The smallest absolute Gasteiger partial charge is 0.137 e. The predicted molar refractivity (Wildman–Crippen MR) is 124 cm³/mol. The summed E-state index contributed by atoms with van der Waals surface area (Å²) in [7, 11) is -1.91. The van der Waals surface area contributed by atoms with Gasteiger partial charge in [0, 0.05) is 12.4 Å². The molecule has 0 bridgehead atoms. The highest BCUT2D eigenvalue weighted by atomic mass is 79.9. The Morgan fingerprint density at radius 1 is 0.600 bits per heavy atom. The van der Waals surface area contributed by atoms with Crippen LogP contribution in [0.15, 0.2) is 122 Å². The van der Waals surface area contributed by atoms with Gasteiger partial charge in [-0.25, -0.2) is 4.98 Å². The van der Waals surface area contributed by atoms with E-state index in [4.69, 9.17) is 4.98 Å². The van der Waals surface area contributed by atoms with Crippen LogP contribution in [0.5, 0.6) is 0 Å². The van der Waals surface area contributed by atoms with Crippen LogP contribution in [0.4, 0.5) is 0 Å². The fraction of sp³-hybridized carbons (Fsp3) is 0.0385. The van der Waals surface area contributed by atoms with E-state index in [2.05, 4.69) is 114 Å². The average Bonchev–Trinajstić information content (AvgIpc) is 3.22. The Kier molecular flexibility index (Phi) is 6.13. The molecule has 0 N–H and O–H groups in total. The van der Waals surface area contributed by atoms with Gasteiger partial charge < -0.3 is 21.4 Å². The van der Waals surface area contributed by atoms with Crippen LogP contribution in [-0.4, -0.2) is 9.38 Å². The Morgan fingerprint density at radius 3 is 1.53 bits per heavy atom. The third-order valence-electron chi connectivity index (χ3n) is 5.40. The summed E-state index contributed by atoms with van der Waals surface area (Å²) in [6.45, 7) is 0. The summed E-state index contributed by atoms with van der Waals surface area (Å²) in [6, 6.07) is 39.0. The summed E-state index contributed by atoms with van der Waals surface area (Å²) in [4.78, 5) is 4.96. The molecule has 0 aliphatic heterocycles. The minimum Gasteiger partial charge on any atom is -1.00 e. The van der Waals surface area contributed by atoms with Gasteiger partial charge >= 0.3 is 0 Å². The lowest BCUT2D eigenvalue weighted by Gasteiger charge is -2.27. The molecule has 5 rings (SSSR count). The van der Waals surface area contributed by atoms with Crippen LogP contribution in [0.1, 0.15) is 5.69 Å². The molecule has 148 valence electrons. The first-order valence-electron chi connectivity index (χ1n) is 9.84. The molecular formula is C26H22BrN2P. The average molecular weight is 473 g/mol. The van der Waals surface area contributed by atoms with Gasteiger partial charge in [-0.3, -0.25) is 0 Å². The van der Waals surface area contributed by atoms with Crippen molar-refractivity contribution in [2.75, 3.05) is 0 Å². The molecular weight excluding hydrogens is 451 g/mol. The number of imidazole rings is 1. The molecule has 0 spiro atoms. The summed E-state index contributed by atoms with van der Waals surface area (Å²) in [6.07, 6.45) is 5.14. The van der Waals surface area contributed by atoms with Crippen LogP contribution in [0, 0.1) is 0 Å². The molecule has 0 saturated carbocycles. The van der Waals surface area contributed by atoms with Crippen molar-refractivity contribution >= 4 is 28.8 Å². The van der Waals surface area contributed by atoms with Gasteiger partial charge in [-0.15, -0.1) is 0 Å². The van der Waals surface area contributed by atoms with Crippen LogP contribution in [0.2, 0.25) is 0 Å². The summed E-state index contributed by atoms with van der Waals surface area (Å²) >= 11 is 0. The quantitative estimate of drug-likeness (QED) is 0.356. The Bertz CT molecular complexity index is 1090. The summed E-state index contributed by atoms with van der Waals surface area (Å²) in [5.41, 5.74) is 2.12. The zero-order valence-electron chi connectivity index (χ0n) is 16.5. The van der Waals surface area contributed by atoms with Crippen molar-refractivity contribution in [3.8, 4) is 0 Å². The van der Waals surface area contributed by atoms with E-state index in [0.29, 0.717) is 0 Å². The molecule has 0 aliphatic carbocycles. The van der Waals surface area contributed by atoms with E-state index in [1.54, 1.807) is 0 Å². The predicted octanol–water partition coefficient (Wildman–Crippen LogP) is 1.83. The van der Waals surface area contributed by atoms with E-state index in [1.165, 1.54) is 15.9 Å². The van der Waals surface area contributed by atoms with E-state index in [1.807, 2.05) is 12.1 Å². The van der Waals surface area contributed by atoms with E-state index in [9.17, 15) is 0 Å². The Morgan fingerprint density at radius 2 is 1.07 bits per heavy atom. The standard InChI is InChI=1S/C26H22N2P.BrH/c1-4-12-23(13-5-1)29(24-14-6-2-7-15-24,25-16-8-3-9-17-25)21-22-20-28-19-11-10-18-26(28)27-22;/h1-20H,21H2;1H/q+1;/p-1. The summed E-state index contributed by atoms with van der Waals surface area (Å²) in [5.74, 6) is 0. The number of rotatable bonds is 5. The molecule has 2 heterocycles. The highest BCUT2D eigenvalue weighted by molar-refractivity contribution is 7.95. The Labute approximate surface area is 188 Å². The topological polar surface area (TPSA) is 17.3 Å². The molecule has 0 aliphatic rings. The fourth-order valence-electron chi connectivity index (χ4n) is 4.07. The van der Waals surface area contributed by atoms with Crippen molar-refractivity contribution in [3.63, 3.8) is 0 Å². The molecule has 0 amide bonds. The third-order valence-corrected chi connectivity index (χ3v) is 9.74. The SMILES string of the molecule is [Br-].c1ccc([P+](Cc2cn3ccccc3n2)(c2ccccc2)c2ccccc2)cc1. The minimum atomic E-state index is -1.91. The van der Waals surface area contributed by atoms with Crippen molar-refractivity contribution in [2.24, 2.45) is 0 Å². The highest BCUT2D eigenvalue weighted by Gasteiger charge is 2.46. The van der Waals surface area contributed by atoms with Crippen LogP contribution in [0.3, 0.4) is 0 Å². The van der Waals surface area contributed by atoms with Crippen molar-refractivity contribution < 1.29 is 17.0 Å². The van der Waals surface area contributed by atoms with E-state index in [0.717, 1.165) is 17.5 Å². The van der Waals surface area contributed by atoms with Crippen molar-refractivity contribution in [1.82, 2.24) is 9.38 Å². The Balaban J connectivity index is 0.00000218. The number of hydrogen-bond acceptors (Lipinski definition) is 1. The lowest BCUT2D eigenvalue weighted by molar-refractivity contribution is -0.00000574. The number of fused-ring (bicyclic) bond motifs is 1. The zero-order chi connectivity index (χ0) is 19.5. The van der Waals surface area contributed by atoms with E-state index < -0.39 is 7.26 Å². The van der Waals surface area contributed by atoms with E-state index in [-0.39, 0.29) is 17.0 Å². The normalized spacial score (nSPS) is 11.2. The first-order chi connectivity index (χ1) is 14.4. The van der Waals surface area contributed by atoms with Gasteiger partial charge in [0.05, 0.1) is 5.69 Å². The van der Waals surface area contributed by atoms with Crippen molar-refractivity contribution in [3.05, 3.63) is 127 Å². The lowest BCUT2D eigenvalue weighted by Crippen LogP contribution is -3.00. The van der Waals surface area contributed by atoms with Crippen LogP contribution in [-0.2, 0) is 6.16 Å². The monoisotopic (exact) mass is 472 g/mol. The summed E-state index contributed by atoms with van der Waals surface area (Å²) < 4.78 is 2.12. The fourth-order valence-corrected chi connectivity index (χ4v) is 8.20. The molecule has 2 nitrogen and oxygen atoms in total. The van der Waals surface area contributed by atoms with Crippen LogP contribution < -0.4 is 32.9 Å². The molecule has 5 aromatic rings. The highest BCUT2D eigenvalue weighted by Crippen LogP contribution is 2.57. The van der Waals surface area contributed by atoms with Gasteiger partial charge in [-0.2, -0.15) is 0 Å². The zero-order valence-corrected chi connectivity index (χ0v) is 19.0. The molecule has 0 saturated heterocycles. The van der Waals surface area contributed by atoms with Gasteiger partial charge in [-0.05, 0) is 48.5 Å². The number of hydrogen-bond donors (Lipinski definition) is 0. The molecule has 0 atom stereocenters. The Hall–Kier alpha value is -2.74. The second kappa shape index (κ2) is 8.95. The maximum absolute atomic E-state index is 4.96. The van der Waals surface area contributed by atoms with Crippen molar-refractivity contribution in [1.29, 1.82) is 0 Å². The second-order valence-electron chi connectivity index (χ2n) is 7.17. The molecule has 3 aromatic carbocycles. The van der Waals surface area contributed by atoms with Gasteiger partial charge in [0.25, 0.3) is 0 Å². The number of pyridine rings is 1. The van der Waals surface area contributed by atoms with Crippen LogP contribution in [0.25, 0.3) is 5.65 Å². The number of benzene rings is 3. The van der Waals surface area contributed by atoms with Crippen LogP contribution >= 0.6 is 7.26 Å². The largest absolute Gasteiger partial charge is 1.00 e. The van der Waals surface area contributed by atoms with Gasteiger partial charge in [0.15, 0.2) is 0 Å². The van der Waals surface area contributed by atoms with E-state index >= 15 is 0 Å². The lowest BCUT2D eigenvalue weighted by atomic mass is 10.4. The molecule has 2 aromatic heterocycles. The van der Waals surface area contributed by atoms with Gasteiger partial charge in [0.1, 0.15) is 35.0 Å². The number of aromatic nitrogens is 2. The van der Waals surface area contributed by atoms with Gasteiger partial charge in [0.2, 0.25) is 0 Å². The second-order valence-corrected chi connectivity index (χ2v) is 10.7. The maximum Gasteiger partial charge on any atom is 0.137 e. The minimum absolute atomic E-state index is 0. The molecule has 0 unspecified atom stereocenters. The first kappa shape index (κ1) is 20.5. The third kappa shape index (κ3) is 3.71. The summed E-state index contributed by atoms with van der Waals surface area (Å²) in [5, 5.41) is 4.15. The first-order valence-corrected chi connectivity index (χ1v) is 11.8. The number of nitrogens with zero attached hydrogens (tertiary/aromatic N) is 2. The maximum atomic E-state index is 4.96.